The van der Waals surface area contributed by atoms with E-state index in [0.29, 0.717) is 0 Å². The van der Waals surface area contributed by atoms with Gasteiger partial charge in [0.2, 0.25) is 7.28 Å². The molecule has 0 aliphatic carbocycles. The van der Waals surface area contributed by atoms with Gasteiger partial charge in [-0.05, 0) is 29.2 Å². The monoisotopic (exact) mass is 508 g/mol. The van der Waals surface area contributed by atoms with Crippen LogP contribution in [0.25, 0.3) is 11.5 Å². The first-order valence-electron chi connectivity index (χ1n) is 13.3. The molecule has 0 radical (unpaired) electrons. The number of imidazole rings is 1. The van der Waals surface area contributed by atoms with Crippen molar-refractivity contribution in [3.05, 3.63) is 167 Å². The lowest BCUT2D eigenvalue weighted by molar-refractivity contribution is 0.904. The predicted molar refractivity (Wildman–Crippen MR) is 167 cm³/mol. The summed E-state index contributed by atoms with van der Waals surface area (Å²) in [5, 5.41) is 1.52. The van der Waals surface area contributed by atoms with Gasteiger partial charge in [-0.25, -0.2) is 0 Å². The molecule has 0 aliphatic rings. The predicted octanol–water partition coefficient (Wildman–Crippen LogP) is 6.01. The summed E-state index contributed by atoms with van der Waals surface area (Å²) in [6, 6.07) is 42.9. The van der Waals surface area contributed by atoms with Crippen molar-refractivity contribution in [1.82, 2.24) is 9.55 Å². The van der Waals surface area contributed by atoms with E-state index < -0.39 is 9.52 Å². The Labute approximate surface area is 229 Å². The molecule has 5 rings (SSSR count). The third-order valence-electron chi connectivity index (χ3n) is 6.95. The van der Waals surface area contributed by atoms with Gasteiger partial charge in [0.1, 0.15) is 0 Å². The van der Waals surface area contributed by atoms with Crippen LogP contribution in [-0.4, -0.2) is 26.4 Å². The molecule has 5 aromatic rings. The SMILES string of the molecule is CC(=CC(c1ccccc1)c1ccccc1)[SiH2]Cn1ccnc1BC(=Cc1ccccc1)c1ccccc1. The highest BCUT2D eigenvalue weighted by atomic mass is 28.2. The van der Waals surface area contributed by atoms with Crippen LogP contribution in [0.1, 0.15) is 35.1 Å². The first-order chi connectivity index (χ1) is 18.8. The Balaban J connectivity index is 1.35. The van der Waals surface area contributed by atoms with E-state index >= 15 is 0 Å². The number of benzene rings is 4. The number of nitrogens with zero attached hydrogens (tertiary/aromatic N) is 2. The van der Waals surface area contributed by atoms with Crippen molar-refractivity contribution in [3.63, 3.8) is 0 Å². The highest BCUT2D eigenvalue weighted by Gasteiger charge is 2.13. The molecule has 38 heavy (non-hydrogen) atoms. The van der Waals surface area contributed by atoms with Gasteiger partial charge in [-0.15, -0.1) is 0 Å². The highest BCUT2D eigenvalue weighted by Crippen LogP contribution is 2.27. The Kier molecular flexibility index (Phi) is 8.65. The van der Waals surface area contributed by atoms with Crippen molar-refractivity contribution in [2.75, 3.05) is 0 Å². The van der Waals surface area contributed by atoms with E-state index in [0.717, 1.165) is 19.2 Å². The molecule has 0 atom stereocenters. The van der Waals surface area contributed by atoms with Gasteiger partial charge in [-0.1, -0.05) is 144 Å². The lowest BCUT2D eigenvalue weighted by atomic mass is 9.65. The maximum Gasteiger partial charge on any atom is 0.239 e. The Bertz CT molecular complexity index is 1440. The molecule has 1 aromatic heterocycles. The zero-order valence-electron chi connectivity index (χ0n) is 21.9. The van der Waals surface area contributed by atoms with Gasteiger partial charge >= 0.3 is 0 Å². The lowest BCUT2D eigenvalue weighted by Crippen LogP contribution is -2.29. The van der Waals surface area contributed by atoms with Gasteiger partial charge in [0, 0.05) is 24.5 Å². The minimum atomic E-state index is -0.496. The summed E-state index contributed by atoms with van der Waals surface area (Å²) in [5.74, 6) is 0.283. The fraction of sp³-hybridized carbons (Fsp3) is 0.0882. The largest absolute Gasteiger partial charge is 0.346 e. The standard InChI is InChI=1S/C34H33BN2Si/c1-27(24-32(29-16-8-3-9-17-29)30-18-10-4-11-19-30)38-26-37-23-22-36-34(37)35-33(31-20-12-5-13-21-31)25-28-14-6-2-7-15-28/h2-25,32,35H,26,38H2,1H3. The number of allylic oxidation sites excluding steroid dienone is 2. The molecule has 0 aliphatic heterocycles. The smallest absolute Gasteiger partial charge is 0.239 e. The van der Waals surface area contributed by atoms with Crippen LogP contribution in [0.2, 0.25) is 0 Å². The minimum Gasteiger partial charge on any atom is -0.346 e. The lowest BCUT2D eigenvalue weighted by Gasteiger charge is -2.16. The molecule has 0 amide bonds. The summed E-state index contributed by atoms with van der Waals surface area (Å²) in [6.45, 7) is 2.31. The zero-order valence-corrected chi connectivity index (χ0v) is 23.4. The molecule has 1 heterocycles. The summed E-state index contributed by atoms with van der Waals surface area (Å²) in [6.07, 6.45) is 9.91. The molecule has 0 unspecified atom stereocenters. The number of hydrogen-bond donors (Lipinski definition) is 0. The quantitative estimate of drug-likeness (QED) is 0.167. The molecular weight excluding hydrogens is 475 g/mol. The van der Waals surface area contributed by atoms with Crippen LogP contribution in [0.3, 0.4) is 0 Å². The molecule has 186 valence electrons. The molecule has 0 bridgehead atoms. The van der Waals surface area contributed by atoms with Crippen molar-refractivity contribution < 1.29 is 0 Å². The molecular formula is C34H33BN2Si. The van der Waals surface area contributed by atoms with Gasteiger partial charge in [-0.2, -0.15) is 0 Å². The van der Waals surface area contributed by atoms with Crippen LogP contribution in [0.15, 0.2) is 145 Å². The third-order valence-corrected chi connectivity index (χ3v) is 8.68. The maximum atomic E-state index is 4.78. The summed E-state index contributed by atoms with van der Waals surface area (Å²) in [7, 11) is 0.309. The number of aromatic nitrogens is 2. The minimum absolute atomic E-state index is 0.283. The second-order valence-corrected chi connectivity index (χ2v) is 11.8. The van der Waals surface area contributed by atoms with Crippen molar-refractivity contribution in [2.45, 2.75) is 19.0 Å². The van der Waals surface area contributed by atoms with Crippen molar-refractivity contribution in [2.24, 2.45) is 0 Å². The van der Waals surface area contributed by atoms with Crippen molar-refractivity contribution in [3.8, 4) is 0 Å². The molecule has 4 aromatic carbocycles. The van der Waals surface area contributed by atoms with Crippen LogP contribution >= 0.6 is 0 Å². The zero-order chi connectivity index (χ0) is 26.0. The van der Waals surface area contributed by atoms with E-state index in [1.54, 1.807) is 0 Å². The summed E-state index contributed by atoms with van der Waals surface area (Å²) in [4.78, 5) is 4.78. The van der Waals surface area contributed by atoms with E-state index in [2.05, 4.69) is 151 Å². The normalized spacial score (nSPS) is 12.4. The first kappa shape index (κ1) is 25.5. The molecule has 0 saturated carbocycles. The fourth-order valence-electron chi connectivity index (χ4n) is 4.89. The summed E-state index contributed by atoms with van der Waals surface area (Å²) >= 11 is 0. The third kappa shape index (κ3) is 6.78. The Morgan fingerprint density at radius 2 is 1.34 bits per heavy atom. The van der Waals surface area contributed by atoms with Crippen molar-refractivity contribution >= 4 is 34.1 Å². The number of rotatable bonds is 10. The second kappa shape index (κ2) is 12.9. The van der Waals surface area contributed by atoms with Crippen molar-refractivity contribution in [1.29, 1.82) is 0 Å². The molecule has 2 nitrogen and oxygen atoms in total. The van der Waals surface area contributed by atoms with Crippen LogP contribution < -0.4 is 5.72 Å². The highest BCUT2D eigenvalue weighted by molar-refractivity contribution is 6.73. The summed E-state index contributed by atoms with van der Waals surface area (Å²) in [5.41, 5.74) is 7.55. The average molecular weight is 509 g/mol. The average Bonchev–Trinajstić information content (AvgIpc) is 3.43. The van der Waals surface area contributed by atoms with Gasteiger partial charge in [-0.3, -0.25) is 4.98 Å². The van der Waals surface area contributed by atoms with Gasteiger partial charge in [0.25, 0.3) is 0 Å². The fourth-order valence-corrected chi connectivity index (χ4v) is 6.29. The van der Waals surface area contributed by atoms with Crippen LogP contribution in [-0.2, 0) is 6.17 Å². The molecule has 0 spiro atoms. The molecule has 0 fully saturated rings. The maximum absolute atomic E-state index is 4.78. The topological polar surface area (TPSA) is 17.8 Å². The van der Waals surface area contributed by atoms with E-state index in [9.17, 15) is 0 Å². The molecule has 4 heteroatoms. The van der Waals surface area contributed by atoms with E-state index in [4.69, 9.17) is 4.98 Å². The van der Waals surface area contributed by atoms with Crippen LogP contribution in [0.5, 0.6) is 0 Å². The van der Waals surface area contributed by atoms with E-state index in [1.165, 1.54) is 32.9 Å². The first-order valence-corrected chi connectivity index (χ1v) is 15.1. The molecule has 0 N–H and O–H groups in total. The Morgan fingerprint density at radius 1 is 0.789 bits per heavy atom. The molecule has 0 saturated heterocycles. The van der Waals surface area contributed by atoms with Crippen LogP contribution in [0, 0.1) is 0 Å². The van der Waals surface area contributed by atoms with Gasteiger partial charge in [0.05, 0.1) is 15.2 Å². The van der Waals surface area contributed by atoms with Gasteiger partial charge in [0.15, 0.2) is 0 Å². The van der Waals surface area contributed by atoms with Gasteiger partial charge < -0.3 is 4.57 Å². The Morgan fingerprint density at radius 3 is 1.95 bits per heavy atom. The second-order valence-electron chi connectivity index (χ2n) is 9.72. The Hall–Kier alpha value is -4.15. The summed E-state index contributed by atoms with van der Waals surface area (Å²) < 4.78 is 2.37. The van der Waals surface area contributed by atoms with E-state index in [1.807, 2.05) is 6.20 Å². The van der Waals surface area contributed by atoms with E-state index in [-0.39, 0.29) is 5.92 Å². The number of hydrogen-bond acceptors (Lipinski definition) is 1. The van der Waals surface area contributed by atoms with Crippen LogP contribution in [0.4, 0.5) is 0 Å².